The third-order valence-corrected chi connectivity index (χ3v) is 3.30. The summed E-state index contributed by atoms with van der Waals surface area (Å²) in [6.45, 7) is 3.05. The van der Waals surface area contributed by atoms with Gasteiger partial charge in [-0.1, -0.05) is 13.3 Å². The van der Waals surface area contributed by atoms with Crippen molar-refractivity contribution in [1.29, 1.82) is 0 Å². The molecule has 0 spiro atoms. The van der Waals surface area contributed by atoms with Gasteiger partial charge in [-0.2, -0.15) is 0 Å². The van der Waals surface area contributed by atoms with Gasteiger partial charge in [0.2, 0.25) is 0 Å². The average molecular weight is 170 g/mol. The Hall–Kier alpha value is -0.0800. The Morgan fingerprint density at radius 3 is 2.92 bits per heavy atom. The Labute approximate surface area is 73.9 Å². The second-order valence-electron chi connectivity index (χ2n) is 4.25. The van der Waals surface area contributed by atoms with E-state index in [1.165, 1.54) is 6.42 Å². The van der Waals surface area contributed by atoms with E-state index in [2.05, 4.69) is 6.92 Å². The van der Waals surface area contributed by atoms with Crippen molar-refractivity contribution >= 4 is 0 Å². The van der Waals surface area contributed by atoms with Crippen molar-refractivity contribution in [2.24, 2.45) is 5.92 Å². The van der Waals surface area contributed by atoms with Crippen LogP contribution in [0.2, 0.25) is 0 Å². The summed E-state index contributed by atoms with van der Waals surface area (Å²) in [5, 5.41) is 9.97. The maximum Gasteiger partial charge on any atom is 0.0705 e. The van der Waals surface area contributed by atoms with Crippen LogP contribution in [0.1, 0.15) is 39.0 Å². The van der Waals surface area contributed by atoms with Crippen molar-refractivity contribution in [2.45, 2.75) is 50.7 Å². The van der Waals surface area contributed by atoms with E-state index in [4.69, 9.17) is 4.74 Å². The maximum absolute atomic E-state index is 9.97. The molecule has 0 aromatic rings. The lowest BCUT2D eigenvalue weighted by molar-refractivity contribution is 0.0335. The highest BCUT2D eigenvalue weighted by Crippen LogP contribution is 2.49. The number of ether oxygens (including phenoxy) is 1. The molecule has 2 aliphatic rings. The predicted octanol–water partition coefficient (Wildman–Crippen LogP) is 1.72. The largest absolute Gasteiger partial charge is 0.389 e. The third-order valence-electron chi connectivity index (χ3n) is 3.30. The molecule has 2 fully saturated rings. The van der Waals surface area contributed by atoms with Crippen LogP contribution in [0.5, 0.6) is 0 Å². The molecule has 0 bridgehead atoms. The van der Waals surface area contributed by atoms with Crippen LogP contribution in [0.25, 0.3) is 0 Å². The van der Waals surface area contributed by atoms with Crippen LogP contribution in [0.15, 0.2) is 0 Å². The summed E-state index contributed by atoms with van der Waals surface area (Å²) in [5.74, 6) is 0.557. The van der Waals surface area contributed by atoms with Gasteiger partial charge >= 0.3 is 0 Å². The average Bonchev–Trinajstić information content (AvgIpc) is 2.48. The Balaban J connectivity index is 1.79. The van der Waals surface area contributed by atoms with Crippen LogP contribution < -0.4 is 0 Å². The zero-order valence-electron chi connectivity index (χ0n) is 7.75. The van der Waals surface area contributed by atoms with Crippen molar-refractivity contribution in [3.8, 4) is 0 Å². The van der Waals surface area contributed by atoms with Crippen molar-refractivity contribution in [3.63, 3.8) is 0 Å². The van der Waals surface area contributed by atoms with Crippen molar-refractivity contribution in [3.05, 3.63) is 0 Å². The summed E-state index contributed by atoms with van der Waals surface area (Å²) in [6, 6.07) is 0. The first kappa shape index (κ1) is 8.52. The van der Waals surface area contributed by atoms with Gasteiger partial charge in [0.1, 0.15) is 0 Å². The van der Waals surface area contributed by atoms with E-state index in [-0.39, 0.29) is 5.60 Å². The maximum atomic E-state index is 9.97. The first-order valence-corrected chi connectivity index (χ1v) is 5.08. The van der Waals surface area contributed by atoms with Crippen molar-refractivity contribution < 1.29 is 9.84 Å². The van der Waals surface area contributed by atoms with Gasteiger partial charge in [-0.05, 0) is 25.2 Å². The first-order valence-electron chi connectivity index (χ1n) is 5.08. The number of hydrogen-bond donors (Lipinski definition) is 1. The molecule has 12 heavy (non-hydrogen) atoms. The van der Waals surface area contributed by atoms with Gasteiger partial charge in [0, 0.05) is 13.0 Å². The van der Waals surface area contributed by atoms with Crippen LogP contribution in [0.3, 0.4) is 0 Å². The van der Waals surface area contributed by atoms with Gasteiger partial charge in [0.05, 0.1) is 11.7 Å². The molecule has 2 heteroatoms. The van der Waals surface area contributed by atoms with Gasteiger partial charge in [-0.3, -0.25) is 0 Å². The zero-order valence-corrected chi connectivity index (χ0v) is 7.75. The van der Waals surface area contributed by atoms with E-state index in [1.807, 2.05) is 0 Å². The lowest BCUT2D eigenvalue weighted by Gasteiger charge is -2.14. The topological polar surface area (TPSA) is 29.5 Å². The van der Waals surface area contributed by atoms with Gasteiger partial charge in [0.25, 0.3) is 0 Å². The van der Waals surface area contributed by atoms with E-state index in [0.29, 0.717) is 12.0 Å². The fraction of sp³-hybridized carbons (Fsp3) is 1.00. The summed E-state index contributed by atoms with van der Waals surface area (Å²) in [4.78, 5) is 0. The third kappa shape index (κ3) is 1.50. The molecule has 1 aliphatic carbocycles. The molecule has 1 saturated heterocycles. The first-order chi connectivity index (χ1) is 5.74. The molecule has 3 atom stereocenters. The Morgan fingerprint density at radius 1 is 1.58 bits per heavy atom. The molecule has 3 unspecified atom stereocenters. The van der Waals surface area contributed by atoms with Gasteiger partial charge in [-0.15, -0.1) is 0 Å². The molecule has 1 saturated carbocycles. The van der Waals surface area contributed by atoms with E-state index < -0.39 is 0 Å². The van der Waals surface area contributed by atoms with Gasteiger partial charge in [0.15, 0.2) is 0 Å². The predicted molar refractivity (Wildman–Crippen MR) is 46.9 cm³/mol. The molecule has 1 N–H and O–H groups in total. The summed E-state index contributed by atoms with van der Waals surface area (Å²) >= 11 is 0. The van der Waals surface area contributed by atoms with Crippen molar-refractivity contribution in [1.82, 2.24) is 0 Å². The Morgan fingerprint density at radius 2 is 2.42 bits per heavy atom. The van der Waals surface area contributed by atoms with Gasteiger partial charge in [-0.25, -0.2) is 0 Å². The molecule has 0 amide bonds. The Kier molecular flexibility index (Phi) is 2.13. The standard InChI is InChI=1S/C10H18O2/c1-2-8-6-10(8,11)7-9-4-3-5-12-9/h8-9,11H,2-7H2,1H3. The van der Waals surface area contributed by atoms with Gasteiger partial charge < -0.3 is 9.84 Å². The smallest absolute Gasteiger partial charge is 0.0705 e. The minimum absolute atomic E-state index is 0.343. The number of hydrogen-bond acceptors (Lipinski definition) is 2. The molecule has 0 aromatic heterocycles. The number of rotatable bonds is 3. The molecule has 1 aliphatic heterocycles. The molecule has 0 aromatic carbocycles. The molecule has 2 nitrogen and oxygen atoms in total. The Bertz CT molecular complexity index is 163. The lowest BCUT2D eigenvalue weighted by Crippen LogP contribution is -2.20. The van der Waals surface area contributed by atoms with Crippen LogP contribution in [-0.2, 0) is 4.74 Å². The summed E-state index contributed by atoms with van der Waals surface area (Å²) < 4.78 is 5.50. The zero-order chi connectivity index (χ0) is 8.60. The highest BCUT2D eigenvalue weighted by atomic mass is 16.5. The van der Waals surface area contributed by atoms with Crippen LogP contribution in [-0.4, -0.2) is 23.4 Å². The summed E-state index contributed by atoms with van der Waals surface area (Å²) in [6.07, 6.45) is 5.68. The second kappa shape index (κ2) is 3.00. The molecular formula is C10H18O2. The van der Waals surface area contributed by atoms with Crippen LogP contribution in [0, 0.1) is 5.92 Å². The van der Waals surface area contributed by atoms with Crippen LogP contribution >= 0.6 is 0 Å². The SMILES string of the molecule is CCC1CC1(O)CC1CCCO1. The quantitative estimate of drug-likeness (QED) is 0.698. The van der Waals surface area contributed by atoms with E-state index in [9.17, 15) is 5.11 Å². The summed E-state index contributed by atoms with van der Waals surface area (Å²) in [7, 11) is 0. The van der Waals surface area contributed by atoms with E-state index >= 15 is 0 Å². The van der Waals surface area contributed by atoms with Crippen LogP contribution in [0.4, 0.5) is 0 Å². The minimum atomic E-state index is -0.343. The molecular weight excluding hydrogens is 152 g/mol. The molecule has 0 radical (unpaired) electrons. The monoisotopic (exact) mass is 170 g/mol. The fourth-order valence-electron chi connectivity index (χ4n) is 2.34. The second-order valence-corrected chi connectivity index (χ2v) is 4.25. The number of aliphatic hydroxyl groups is 1. The van der Waals surface area contributed by atoms with Crippen molar-refractivity contribution in [2.75, 3.05) is 6.61 Å². The molecule has 1 heterocycles. The highest BCUT2D eigenvalue weighted by Gasteiger charge is 2.52. The van der Waals surface area contributed by atoms with E-state index in [1.54, 1.807) is 0 Å². The summed E-state index contributed by atoms with van der Waals surface area (Å²) in [5.41, 5.74) is -0.343. The normalized spacial score (nSPS) is 46.5. The molecule has 70 valence electrons. The van der Waals surface area contributed by atoms with E-state index in [0.717, 1.165) is 32.3 Å². The highest BCUT2D eigenvalue weighted by molar-refractivity contribution is 5.04. The minimum Gasteiger partial charge on any atom is -0.389 e. The lowest BCUT2D eigenvalue weighted by atomic mass is 10.1. The molecule has 2 rings (SSSR count). The fourth-order valence-corrected chi connectivity index (χ4v) is 2.34.